The number of rotatable bonds is 2. The first-order chi connectivity index (χ1) is 7.53. The second kappa shape index (κ2) is 4.62. The van der Waals surface area contributed by atoms with E-state index >= 15 is 0 Å². The number of nitrogens with zero attached hydrogens (tertiary/aromatic N) is 1. The summed E-state index contributed by atoms with van der Waals surface area (Å²) in [6.07, 6.45) is 2.04. The van der Waals surface area contributed by atoms with Gasteiger partial charge in [0.15, 0.2) is 0 Å². The molecule has 0 spiro atoms. The highest BCUT2D eigenvalue weighted by atomic mass is 79.9. The van der Waals surface area contributed by atoms with Crippen LogP contribution in [0.25, 0.3) is 0 Å². The Morgan fingerprint density at radius 1 is 1.44 bits per heavy atom. The molecule has 92 valence electrons. The van der Waals surface area contributed by atoms with Crippen LogP contribution < -0.4 is 5.32 Å². The van der Waals surface area contributed by atoms with E-state index in [9.17, 15) is 13.2 Å². The number of alkyl halides is 1. The molecule has 1 N–H and O–H groups in total. The number of carbonyl (C=O) groups is 1. The van der Waals surface area contributed by atoms with Crippen molar-refractivity contribution < 1.29 is 13.2 Å². The number of nitrogens with one attached hydrogen (secondary N) is 1. The molecular formula is C9H15BrN2O3S. The molecule has 0 aromatic heterocycles. The van der Waals surface area contributed by atoms with Crippen LogP contribution in [0.4, 0.5) is 0 Å². The highest BCUT2D eigenvalue weighted by molar-refractivity contribution is 9.10. The van der Waals surface area contributed by atoms with Gasteiger partial charge in [-0.1, -0.05) is 15.9 Å². The minimum absolute atomic E-state index is 0.0241. The first kappa shape index (κ1) is 12.3. The molecule has 0 aromatic carbocycles. The fourth-order valence-corrected chi connectivity index (χ4v) is 4.21. The summed E-state index contributed by atoms with van der Waals surface area (Å²) >= 11 is 3.00. The van der Waals surface area contributed by atoms with E-state index < -0.39 is 10.0 Å². The summed E-state index contributed by atoms with van der Waals surface area (Å²) in [6, 6.07) is 0.169. The van der Waals surface area contributed by atoms with Crippen LogP contribution in [0.3, 0.4) is 0 Å². The summed E-state index contributed by atoms with van der Waals surface area (Å²) in [5.41, 5.74) is 0. The predicted molar refractivity (Wildman–Crippen MR) is 63.6 cm³/mol. The number of amides is 1. The van der Waals surface area contributed by atoms with Gasteiger partial charge in [-0.3, -0.25) is 4.79 Å². The summed E-state index contributed by atoms with van der Waals surface area (Å²) < 4.78 is 24.9. The Morgan fingerprint density at radius 3 is 2.88 bits per heavy atom. The van der Waals surface area contributed by atoms with Gasteiger partial charge in [-0.2, -0.15) is 0 Å². The molecule has 2 unspecified atom stereocenters. The van der Waals surface area contributed by atoms with Crippen molar-refractivity contribution in [2.24, 2.45) is 5.92 Å². The van der Waals surface area contributed by atoms with Gasteiger partial charge in [0, 0.05) is 25.6 Å². The standard InChI is InChI=1S/C9H15BrN2O3S/c10-6-16(14,15)12-4-3-8-7(5-12)1-2-9(13)11-8/h7-8H,1-6H2,(H,11,13). The zero-order valence-electron chi connectivity index (χ0n) is 8.86. The molecule has 1 amide bonds. The maximum absolute atomic E-state index is 11.7. The van der Waals surface area contributed by atoms with Crippen molar-refractivity contribution >= 4 is 31.9 Å². The average Bonchev–Trinajstić information content (AvgIpc) is 2.28. The molecule has 2 atom stereocenters. The Labute approximate surface area is 104 Å². The van der Waals surface area contributed by atoms with E-state index in [2.05, 4.69) is 21.2 Å². The summed E-state index contributed by atoms with van der Waals surface area (Å²) in [7, 11) is -3.15. The predicted octanol–water partition coefficient (Wildman–Crippen LogP) is 0.269. The summed E-state index contributed by atoms with van der Waals surface area (Å²) in [6.45, 7) is 1.05. The van der Waals surface area contributed by atoms with Crippen molar-refractivity contribution in [2.75, 3.05) is 17.8 Å². The van der Waals surface area contributed by atoms with Crippen molar-refractivity contribution in [3.8, 4) is 0 Å². The van der Waals surface area contributed by atoms with Gasteiger partial charge in [-0.25, -0.2) is 12.7 Å². The fraction of sp³-hybridized carbons (Fsp3) is 0.889. The zero-order valence-corrected chi connectivity index (χ0v) is 11.3. The van der Waals surface area contributed by atoms with Crippen molar-refractivity contribution in [2.45, 2.75) is 25.3 Å². The Morgan fingerprint density at radius 2 is 2.19 bits per heavy atom. The molecule has 7 heteroatoms. The molecular weight excluding hydrogens is 296 g/mol. The van der Waals surface area contributed by atoms with Gasteiger partial charge in [-0.15, -0.1) is 0 Å². The molecule has 5 nitrogen and oxygen atoms in total. The van der Waals surface area contributed by atoms with Crippen LogP contribution in [0.5, 0.6) is 0 Å². The molecule has 2 aliphatic rings. The second-order valence-corrected chi connectivity index (χ2v) is 7.61. The number of halogens is 1. The maximum Gasteiger partial charge on any atom is 0.224 e. The number of carbonyl (C=O) groups excluding carboxylic acids is 1. The van der Waals surface area contributed by atoms with Crippen LogP contribution in [-0.2, 0) is 14.8 Å². The number of sulfonamides is 1. The third-order valence-electron chi connectivity index (χ3n) is 3.32. The maximum atomic E-state index is 11.7. The number of piperidine rings is 2. The van der Waals surface area contributed by atoms with E-state index in [0.717, 1.165) is 12.8 Å². The van der Waals surface area contributed by atoms with E-state index in [1.807, 2.05) is 0 Å². The minimum Gasteiger partial charge on any atom is -0.353 e. The van der Waals surface area contributed by atoms with Gasteiger partial charge in [0.2, 0.25) is 15.9 Å². The van der Waals surface area contributed by atoms with Crippen LogP contribution in [0.1, 0.15) is 19.3 Å². The van der Waals surface area contributed by atoms with E-state index in [1.54, 1.807) is 0 Å². The topological polar surface area (TPSA) is 66.5 Å². The Kier molecular flexibility index (Phi) is 3.56. The van der Waals surface area contributed by atoms with Gasteiger partial charge in [-0.05, 0) is 18.8 Å². The minimum atomic E-state index is -3.15. The molecule has 0 aliphatic carbocycles. The van der Waals surface area contributed by atoms with Crippen molar-refractivity contribution in [1.82, 2.24) is 9.62 Å². The van der Waals surface area contributed by atoms with E-state index in [-0.39, 0.29) is 22.5 Å². The molecule has 16 heavy (non-hydrogen) atoms. The van der Waals surface area contributed by atoms with Crippen molar-refractivity contribution in [3.63, 3.8) is 0 Å². The van der Waals surface area contributed by atoms with Gasteiger partial charge in [0.05, 0.1) is 0 Å². The van der Waals surface area contributed by atoms with Crippen LogP contribution >= 0.6 is 15.9 Å². The monoisotopic (exact) mass is 310 g/mol. The van der Waals surface area contributed by atoms with Gasteiger partial charge in [0.1, 0.15) is 4.66 Å². The fourth-order valence-electron chi connectivity index (χ4n) is 2.40. The van der Waals surface area contributed by atoms with Crippen LogP contribution in [0.2, 0.25) is 0 Å². The normalized spacial score (nSPS) is 31.9. The van der Waals surface area contributed by atoms with Gasteiger partial charge >= 0.3 is 0 Å². The third-order valence-corrected chi connectivity index (χ3v) is 6.45. The largest absolute Gasteiger partial charge is 0.353 e. The number of hydrogen-bond donors (Lipinski definition) is 1. The highest BCUT2D eigenvalue weighted by Gasteiger charge is 2.37. The van der Waals surface area contributed by atoms with Crippen LogP contribution in [-0.4, -0.2) is 42.4 Å². The summed E-state index contributed by atoms with van der Waals surface area (Å²) in [5, 5.41) is 2.94. The Hall–Kier alpha value is -0.140. The zero-order chi connectivity index (χ0) is 11.8. The molecule has 2 aliphatic heterocycles. The number of hydrogen-bond acceptors (Lipinski definition) is 3. The Balaban J connectivity index is 2.04. The summed E-state index contributed by atoms with van der Waals surface area (Å²) in [4.78, 5) is 11.2. The van der Waals surface area contributed by atoms with Gasteiger partial charge < -0.3 is 5.32 Å². The molecule has 2 fully saturated rings. The van der Waals surface area contributed by atoms with Crippen molar-refractivity contribution in [3.05, 3.63) is 0 Å². The SMILES string of the molecule is O=C1CCC2CN(S(=O)(=O)CBr)CCC2N1. The first-order valence-electron chi connectivity index (χ1n) is 5.36. The molecule has 0 aromatic rings. The lowest BCUT2D eigenvalue weighted by atomic mass is 9.86. The average molecular weight is 311 g/mol. The smallest absolute Gasteiger partial charge is 0.224 e. The summed E-state index contributed by atoms with van der Waals surface area (Å²) in [5.74, 6) is 0.373. The molecule has 0 saturated carbocycles. The molecule has 2 saturated heterocycles. The van der Waals surface area contributed by atoms with Crippen LogP contribution in [0.15, 0.2) is 0 Å². The first-order valence-corrected chi connectivity index (χ1v) is 8.09. The second-order valence-electron chi connectivity index (χ2n) is 4.34. The molecule has 2 heterocycles. The lowest BCUT2D eigenvalue weighted by molar-refractivity contribution is -0.124. The lowest BCUT2D eigenvalue weighted by Crippen LogP contribution is -2.55. The van der Waals surface area contributed by atoms with E-state index in [4.69, 9.17) is 0 Å². The van der Waals surface area contributed by atoms with Gasteiger partial charge in [0.25, 0.3) is 0 Å². The highest BCUT2D eigenvalue weighted by Crippen LogP contribution is 2.27. The lowest BCUT2D eigenvalue weighted by Gasteiger charge is -2.40. The quantitative estimate of drug-likeness (QED) is 0.745. The molecule has 0 bridgehead atoms. The third kappa shape index (κ3) is 2.41. The molecule has 2 rings (SSSR count). The molecule has 0 radical (unpaired) electrons. The van der Waals surface area contributed by atoms with Crippen LogP contribution in [0, 0.1) is 5.92 Å². The van der Waals surface area contributed by atoms with E-state index in [1.165, 1.54) is 4.31 Å². The Bertz CT molecular complexity index is 384. The van der Waals surface area contributed by atoms with Crippen molar-refractivity contribution in [1.29, 1.82) is 0 Å². The van der Waals surface area contributed by atoms with E-state index in [0.29, 0.717) is 19.5 Å². The number of fused-ring (bicyclic) bond motifs is 1.